The number of hydrazine groups is 1. The zero-order valence-corrected chi connectivity index (χ0v) is 12.1. The van der Waals surface area contributed by atoms with Crippen LogP contribution in [-0.4, -0.2) is 26.0 Å². The summed E-state index contributed by atoms with van der Waals surface area (Å²) >= 11 is 0. The van der Waals surface area contributed by atoms with Gasteiger partial charge in [0.2, 0.25) is 0 Å². The van der Waals surface area contributed by atoms with Crippen LogP contribution < -0.4 is 11.3 Å². The van der Waals surface area contributed by atoms with E-state index >= 15 is 0 Å². The Morgan fingerprint density at radius 2 is 2.16 bits per heavy atom. The van der Waals surface area contributed by atoms with Crippen molar-refractivity contribution in [3.05, 3.63) is 35.4 Å². The van der Waals surface area contributed by atoms with Crippen LogP contribution in [-0.2, 0) is 16.3 Å². The van der Waals surface area contributed by atoms with E-state index in [4.69, 9.17) is 5.84 Å². The normalized spacial score (nSPS) is 23.4. The third kappa shape index (κ3) is 4.03. The Hall–Kier alpha value is -0.910. The minimum Gasteiger partial charge on any atom is -0.271 e. The second kappa shape index (κ2) is 6.03. The summed E-state index contributed by atoms with van der Waals surface area (Å²) in [5.74, 6) is 6.51. The molecule has 19 heavy (non-hydrogen) atoms. The molecule has 0 aliphatic carbocycles. The lowest BCUT2D eigenvalue weighted by atomic mass is 9.93. The molecule has 1 aliphatic rings. The smallest absolute Gasteiger partial charge is 0.150 e. The van der Waals surface area contributed by atoms with Gasteiger partial charge in [0.1, 0.15) is 0 Å². The number of benzene rings is 1. The van der Waals surface area contributed by atoms with Crippen LogP contribution in [0.4, 0.5) is 0 Å². The molecule has 2 rings (SSSR count). The van der Waals surface area contributed by atoms with Crippen molar-refractivity contribution in [3.63, 3.8) is 0 Å². The fourth-order valence-corrected chi connectivity index (χ4v) is 4.66. The van der Waals surface area contributed by atoms with Gasteiger partial charge in [0.25, 0.3) is 0 Å². The van der Waals surface area contributed by atoms with Crippen molar-refractivity contribution in [3.8, 4) is 0 Å². The van der Waals surface area contributed by atoms with Gasteiger partial charge >= 0.3 is 0 Å². The summed E-state index contributed by atoms with van der Waals surface area (Å²) in [5, 5.41) is 0. The summed E-state index contributed by atoms with van der Waals surface area (Å²) in [6, 6.07) is 8.37. The Bertz CT molecular complexity index is 528. The molecule has 5 heteroatoms. The summed E-state index contributed by atoms with van der Waals surface area (Å²) in [4.78, 5) is 0. The summed E-state index contributed by atoms with van der Waals surface area (Å²) in [5.41, 5.74) is 5.36. The second-order valence-corrected chi connectivity index (χ2v) is 7.73. The summed E-state index contributed by atoms with van der Waals surface area (Å²) in [6.45, 7) is 2.09. The molecule has 1 aliphatic heterocycles. The van der Waals surface area contributed by atoms with Gasteiger partial charge in [-0.05, 0) is 43.2 Å². The number of aryl methyl sites for hydroxylation is 1. The number of nitrogens with one attached hydrogen (secondary N) is 1. The van der Waals surface area contributed by atoms with Crippen molar-refractivity contribution in [2.45, 2.75) is 32.2 Å². The van der Waals surface area contributed by atoms with E-state index in [0.29, 0.717) is 11.5 Å². The lowest BCUT2D eigenvalue weighted by Gasteiger charge is -2.20. The molecule has 1 heterocycles. The predicted octanol–water partition coefficient (Wildman–Crippen LogP) is 1.19. The average molecular weight is 282 g/mol. The van der Waals surface area contributed by atoms with Gasteiger partial charge in [-0.2, -0.15) is 0 Å². The first-order valence-electron chi connectivity index (χ1n) is 6.71. The molecule has 0 radical (unpaired) electrons. The maximum absolute atomic E-state index is 11.5. The third-order valence-electron chi connectivity index (χ3n) is 3.91. The zero-order valence-electron chi connectivity index (χ0n) is 11.3. The van der Waals surface area contributed by atoms with E-state index in [0.717, 1.165) is 19.3 Å². The molecule has 4 nitrogen and oxygen atoms in total. The third-order valence-corrected chi connectivity index (χ3v) is 5.74. The van der Waals surface area contributed by atoms with Crippen LogP contribution in [0.3, 0.4) is 0 Å². The molecule has 0 amide bonds. The summed E-state index contributed by atoms with van der Waals surface area (Å²) in [6.07, 6.45) is 2.44. The fraction of sp³-hybridized carbons (Fsp3) is 0.571. The van der Waals surface area contributed by atoms with E-state index in [1.165, 1.54) is 11.1 Å². The first-order chi connectivity index (χ1) is 9.00. The van der Waals surface area contributed by atoms with Gasteiger partial charge in [-0.3, -0.25) is 11.3 Å². The molecule has 1 aromatic carbocycles. The quantitative estimate of drug-likeness (QED) is 0.628. The van der Waals surface area contributed by atoms with Crippen LogP contribution in [0, 0.1) is 12.8 Å². The van der Waals surface area contributed by atoms with E-state index in [1.807, 2.05) is 12.1 Å². The van der Waals surface area contributed by atoms with E-state index in [2.05, 4.69) is 24.5 Å². The van der Waals surface area contributed by atoms with E-state index < -0.39 is 9.84 Å². The van der Waals surface area contributed by atoms with Gasteiger partial charge in [-0.15, -0.1) is 0 Å². The van der Waals surface area contributed by atoms with Gasteiger partial charge in [-0.1, -0.05) is 24.3 Å². The molecule has 0 bridgehead atoms. The standard InChI is InChI=1S/C14H22N2O2S/c1-11-4-2-3-5-13(11)9-14(16-15)8-12-6-7-19(17,18)10-12/h2-5,12,14,16H,6-10,15H2,1H3. The van der Waals surface area contributed by atoms with Crippen LogP contribution in [0.5, 0.6) is 0 Å². The van der Waals surface area contributed by atoms with Crippen LogP contribution in [0.2, 0.25) is 0 Å². The van der Waals surface area contributed by atoms with Crippen molar-refractivity contribution >= 4 is 9.84 Å². The van der Waals surface area contributed by atoms with E-state index in [1.54, 1.807) is 0 Å². The largest absolute Gasteiger partial charge is 0.271 e. The van der Waals surface area contributed by atoms with Gasteiger partial charge < -0.3 is 0 Å². The molecule has 1 aromatic rings. The van der Waals surface area contributed by atoms with Gasteiger partial charge in [-0.25, -0.2) is 8.42 Å². The lowest BCUT2D eigenvalue weighted by molar-refractivity contribution is 0.408. The maximum Gasteiger partial charge on any atom is 0.150 e. The number of hydrogen-bond donors (Lipinski definition) is 2. The monoisotopic (exact) mass is 282 g/mol. The number of hydrogen-bond acceptors (Lipinski definition) is 4. The first kappa shape index (κ1) is 14.5. The van der Waals surface area contributed by atoms with Crippen LogP contribution in [0.25, 0.3) is 0 Å². The molecule has 3 N–H and O–H groups in total. The Labute approximate surface area is 115 Å². The van der Waals surface area contributed by atoms with E-state index in [9.17, 15) is 8.42 Å². The van der Waals surface area contributed by atoms with Crippen LogP contribution >= 0.6 is 0 Å². The van der Waals surface area contributed by atoms with E-state index in [-0.39, 0.29) is 12.0 Å². The molecule has 1 saturated heterocycles. The number of sulfone groups is 1. The van der Waals surface area contributed by atoms with Crippen molar-refractivity contribution in [2.24, 2.45) is 11.8 Å². The molecule has 0 spiro atoms. The second-order valence-electron chi connectivity index (χ2n) is 5.50. The summed E-state index contributed by atoms with van der Waals surface area (Å²) in [7, 11) is -2.80. The molecule has 1 fully saturated rings. The Morgan fingerprint density at radius 1 is 1.42 bits per heavy atom. The summed E-state index contributed by atoms with van der Waals surface area (Å²) < 4.78 is 22.9. The molecule has 0 saturated carbocycles. The van der Waals surface area contributed by atoms with Crippen LogP contribution in [0.1, 0.15) is 24.0 Å². The number of nitrogens with two attached hydrogens (primary N) is 1. The average Bonchev–Trinajstić information content (AvgIpc) is 2.70. The highest BCUT2D eigenvalue weighted by atomic mass is 32.2. The topological polar surface area (TPSA) is 72.2 Å². The lowest BCUT2D eigenvalue weighted by Crippen LogP contribution is -2.38. The van der Waals surface area contributed by atoms with Gasteiger partial charge in [0.05, 0.1) is 11.5 Å². The fourth-order valence-electron chi connectivity index (χ4n) is 2.78. The van der Waals surface area contributed by atoms with Crippen molar-refractivity contribution in [1.82, 2.24) is 5.43 Å². The molecule has 106 valence electrons. The Kier molecular flexibility index (Phi) is 4.60. The molecular weight excluding hydrogens is 260 g/mol. The molecular formula is C14H22N2O2S. The highest BCUT2D eigenvalue weighted by molar-refractivity contribution is 7.91. The highest BCUT2D eigenvalue weighted by Gasteiger charge is 2.29. The van der Waals surface area contributed by atoms with Gasteiger partial charge in [0, 0.05) is 6.04 Å². The first-order valence-corrected chi connectivity index (χ1v) is 8.53. The molecule has 2 atom stereocenters. The van der Waals surface area contributed by atoms with Gasteiger partial charge in [0.15, 0.2) is 9.84 Å². The van der Waals surface area contributed by atoms with Crippen LogP contribution in [0.15, 0.2) is 24.3 Å². The maximum atomic E-state index is 11.5. The Morgan fingerprint density at radius 3 is 2.74 bits per heavy atom. The molecule has 0 aromatic heterocycles. The zero-order chi connectivity index (χ0) is 13.9. The van der Waals surface area contributed by atoms with Crippen molar-refractivity contribution in [2.75, 3.05) is 11.5 Å². The predicted molar refractivity (Wildman–Crippen MR) is 77.4 cm³/mol. The minimum atomic E-state index is -2.80. The highest BCUT2D eigenvalue weighted by Crippen LogP contribution is 2.24. The van der Waals surface area contributed by atoms with Crippen molar-refractivity contribution < 1.29 is 8.42 Å². The Balaban J connectivity index is 1.96. The SMILES string of the molecule is Cc1ccccc1CC(CC1CCS(=O)(=O)C1)NN. The van der Waals surface area contributed by atoms with Crippen molar-refractivity contribution in [1.29, 1.82) is 0 Å². The number of rotatable bonds is 5. The molecule has 2 unspecified atom stereocenters. The minimum absolute atomic E-state index is 0.138.